The minimum absolute atomic E-state index is 0.000608. The van der Waals surface area contributed by atoms with E-state index in [1.807, 2.05) is 4.90 Å². The van der Waals surface area contributed by atoms with Crippen LogP contribution in [0.2, 0.25) is 0 Å². The normalized spacial score (nSPS) is 23.8. The Bertz CT molecular complexity index is 2060. The number of benzene rings is 3. The Morgan fingerprint density at radius 3 is 2.56 bits per heavy atom. The van der Waals surface area contributed by atoms with E-state index < -0.39 is 23.1 Å². The first-order valence-electron chi connectivity index (χ1n) is 17.4. The second kappa shape index (κ2) is 11.4. The third kappa shape index (κ3) is 5.60. The third-order valence-corrected chi connectivity index (χ3v) is 11.3. The molecule has 8 nitrogen and oxygen atoms in total. The number of phenols is 1. The molecular formula is C38H37F4N5O3. The van der Waals surface area contributed by atoms with E-state index in [9.17, 15) is 5.11 Å². The Morgan fingerprint density at radius 1 is 1.08 bits per heavy atom. The Kier molecular flexibility index (Phi) is 7.26. The number of morpholine rings is 1. The minimum Gasteiger partial charge on any atom is -0.508 e. The van der Waals surface area contributed by atoms with Gasteiger partial charge < -0.3 is 24.8 Å². The van der Waals surface area contributed by atoms with Crippen molar-refractivity contribution in [3.63, 3.8) is 0 Å². The van der Waals surface area contributed by atoms with E-state index in [1.54, 1.807) is 18.2 Å². The molecule has 2 aliphatic carbocycles. The van der Waals surface area contributed by atoms with Gasteiger partial charge in [-0.05, 0) is 73.7 Å². The maximum atomic E-state index is 17.2. The predicted octanol–water partition coefficient (Wildman–Crippen LogP) is 6.26. The molecule has 2 saturated carbocycles. The lowest BCUT2D eigenvalue weighted by Gasteiger charge is -2.35. The number of piperazine rings is 1. The molecule has 12 heteroatoms. The van der Waals surface area contributed by atoms with Gasteiger partial charge >= 0.3 is 12.2 Å². The summed E-state index contributed by atoms with van der Waals surface area (Å²) in [5, 5.41) is 14.7. The van der Waals surface area contributed by atoms with E-state index in [-0.39, 0.29) is 68.1 Å². The molecule has 2 N–H and O–H groups in total. The molecule has 1 spiro atoms. The van der Waals surface area contributed by atoms with Crippen LogP contribution in [0.25, 0.3) is 32.8 Å². The summed E-state index contributed by atoms with van der Waals surface area (Å²) in [6.07, 6.45) is 6.78. The van der Waals surface area contributed by atoms with Crippen LogP contribution in [-0.4, -0.2) is 83.6 Å². The molecule has 50 heavy (non-hydrogen) atoms. The van der Waals surface area contributed by atoms with E-state index in [0.29, 0.717) is 31.7 Å². The Labute approximate surface area is 286 Å². The molecule has 3 aliphatic heterocycles. The van der Waals surface area contributed by atoms with Gasteiger partial charge in [-0.2, -0.15) is 23.1 Å². The second-order valence-corrected chi connectivity index (χ2v) is 15.0. The second-order valence-electron chi connectivity index (χ2n) is 15.0. The van der Waals surface area contributed by atoms with Gasteiger partial charge in [0.25, 0.3) is 0 Å². The molecular weight excluding hydrogens is 650 g/mol. The number of nitrogens with zero attached hydrogens (tertiary/aromatic N) is 4. The summed E-state index contributed by atoms with van der Waals surface area (Å²) in [6, 6.07) is 8.53. The maximum Gasteiger partial charge on any atom is 0.417 e. The van der Waals surface area contributed by atoms with Crippen molar-refractivity contribution < 1.29 is 32.1 Å². The highest BCUT2D eigenvalue weighted by Crippen LogP contribution is 2.50. The van der Waals surface area contributed by atoms with Gasteiger partial charge in [-0.1, -0.05) is 18.1 Å². The predicted molar refractivity (Wildman–Crippen MR) is 181 cm³/mol. The fraction of sp³-hybridized carbons (Fsp3) is 0.474. The number of aromatic nitrogens is 2. The number of alkyl halides is 3. The summed E-state index contributed by atoms with van der Waals surface area (Å²) in [5.41, 5.74) is -2.20. The van der Waals surface area contributed by atoms with Crippen LogP contribution in [0, 0.1) is 23.6 Å². The van der Waals surface area contributed by atoms with Crippen LogP contribution in [0.3, 0.4) is 0 Å². The number of nitrogens with one attached hydrogen (secondary N) is 1. The molecule has 2 unspecified atom stereocenters. The summed E-state index contributed by atoms with van der Waals surface area (Å²) >= 11 is 0. The fourth-order valence-corrected chi connectivity index (χ4v) is 8.40. The average molecular weight is 688 g/mol. The first-order valence-corrected chi connectivity index (χ1v) is 17.4. The monoisotopic (exact) mass is 687 g/mol. The lowest BCUT2D eigenvalue weighted by molar-refractivity contribution is -0.137. The smallest absolute Gasteiger partial charge is 0.417 e. The van der Waals surface area contributed by atoms with Crippen LogP contribution < -0.4 is 15.0 Å². The van der Waals surface area contributed by atoms with E-state index in [4.69, 9.17) is 20.9 Å². The van der Waals surface area contributed by atoms with E-state index >= 15 is 17.6 Å². The number of anilines is 1. The summed E-state index contributed by atoms with van der Waals surface area (Å²) in [4.78, 5) is 13.6. The summed E-state index contributed by atoms with van der Waals surface area (Å²) in [5.74, 6) is 1.23. The van der Waals surface area contributed by atoms with Gasteiger partial charge in [0.15, 0.2) is 5.82 Å². The molecule has 4 aromatic rings. The Morgan fingerprint density at radius 2 is 1.86 bits per heavy atom. The lowest BCUT2D eigenvalue weighted by Crippen LogP contribution is -2.51. The number of hydrogen-bond donors (Lipinski definition) is 2. The first kappa shape index (κ1) is 31.8. The van der Waals surface area contributed by atoms with Crippen molar-refractivity contribution >= 4 is 27.5 Å². The molecule has 2 atom stereocenters. The molecule has 5 fully saturated rings. The zero-order chi connectivity index (χ0) is 34.4. The fourth-order valence-electron chi connectivity index (χ4n) is 8.40. The molecule has 260 valence electrons. The molecule has 4 heterocycles. The number of rotatable bonds is 7. The molecule has 0 radical (unpaired) electrons. The van der Waals surface area contributed by atoms with Crippen molar-refractivity contribution in [2.75, 3.05) is 50.8 Å². The van der Waals surface area contributed by atoms with Crippen molar-refractivity contribution in [2.24, 2.45) is 5.41 Å². The Balaban J connectivity index is 1.17. The third-order valence-electron chi connectivity index (χ3n) is 11.3. The van der Waals surface area contributed by atoms with Crippen molar-refractivity contribution in [2.45, 2.75) is 62.4 Å². The van der Waals surface area contributed by atoms with Crippen LogP contribution in [0.4, 0.5) is 23.4 Å². The summed E-state index contributed by atoms with van der Waals surface area (Å²) < 4.78 is 74.6. The average Bonchev–Trinajstić information content (AvgIpc) is 4.01. The number of aromatic hydroxyl groups is 1. The molecule has 5 aliphatic rings. The highest BCUT2D eigenvalue weighted by atomic mass is 19.4. The minimum atomic E-state index is -4.96. The van der Waals surface area contributed by atoms with Crippen molar-refractivity contribution in [1.82, 2.24) is 20.2 Å². The number of ether oxygens (including phenoxy) is 2. The maximum absolute atomic E-state index is 17.2. The van der Waals surface area contributed by atoms with Gasteiger partial charge in [-0.25, -0.2) is 4.39 Å². The molecule has 0 amide bonds. The molecule has 9 rings (SSSR count). The van der Waals surface area contributed by atoms with E-state index in [2.05, 4.69) is 21.1 Å². The van der Waals surface area contributed by atoms with Crippen LogP contribution in [0.15, 0.2) is 36.4 Å². The van der Waals surface area contributed by atoms with Crippen molar-refractivity contribution in [3.05, 3.63) is 53.3 Å². The highest BCUT2D eigenvalue weighted by molar-refractivity contribution is 6.05. The quantitative estimate of drug-likeness (QED) is 0.174. The van der Waals surface area contributed by atoms with Crippen LogP contribution in [0.1, 0.15) is 49.7 Å². The number of phenolic OH excluding ortho intramolecular Hbond substituents is 1. The number of hydrogen-bond acceptors (Lipinski definition) is 8. The number of terminal acetylenes is 1. The van der Waals surface area contributed by atoms with E-state index in [1.165, 1.54) is 6.07 Å². The van der Waals surface area contributed by atoms with Gasteiger partial charge in [0.05, 0.1) is 24.4 Å². The first-order chi connectivity index (χ1) is 24.0. The number of fused-ring (bicyclic) bond motifs is 4. The molecule has 1 aromatic heterocycles. The standard InChI is InChI=1S/C38H37F4N5O3/c1-2-22-4-3-5-23-14-26(48)15-27(30(22)23)31-29(38(40,41)42)16-28-33(32(31)39)44-35(45-34(28)47-17-24-6-7-25(18-47)43-24)49-21-36(8-9-36)19-46-12-13-50-37(20-46)10-11-37/h1,3-5,14-16,24-25,43,48H,6-13,17-21H2. The van der Waals surface area contributed by atoms with Crippen molar-refractivity contribution in [3.8, 4) is 35.2 Å². The molecule has 3 aromatic carbocycles. The van der Waals surface area contributed by atoms with Gasteiger partial charge in [0.2, 0.25) is 0 Å². The topological polar surface area (TPSA) is 83.0 Å². The van der Waals surface area contributed by atoms with Crippen LogP contribution in [-0.2, 0) is 10.9 Å². The largest absolute Gasteiger partial charge is 0.508 e. The zero-order valence-corrected chi connectivity index (χ0v) is 27.5. The zero-order valence-electron chi connectivity index (χ0n) is 27.5. The van der Waals surface area contributed by atoms with Crippen LogP contribution in [0.5, 0.6) is 11.8 Å². The Hall–Kier alpha value is -4.18. The number of halogens is 4. The van der Waals surface area contributed by atoms with Gasteiger partial charge in [-0.15, -0.1) is 6.42 Å². The SMILES string of the molecule is C#Cc1cccc2cc(O)cc(-c3c(C(F)(F)F)cc4c(N5CC6CCC(C5)N6)nc(OCC5(CN6CCOC7(CC7)C6)CC5)nc4c3F)c12. The van der Waals surface area contributed by atoms with Gasteiger partial charge in [-0.3, -0.25) is 4.90 Å². The lowest BCUT2D eigenvalue weighted by atomic mass is 9.90. The molecule has 2 bridgehead atoms. The molecule has 3 saturated heterocycles. The summed E-state index contributed by atoms with van der Waals surface area (Å²) in [6.45, 7) is 4.64. The highest BCUT2D eigenvalue weighted by Gasteiger charge is 2.51. The van der Waals surface area contributed by atoms with Gasteiger partial charge in [0, 0.05) is 72.1 Å². The van der Waals surface area contributed by atoms with Crippen molar-refractivity contribution in [1.29, 1.82) is 0 Å². The van der Waals surface area contributed by atoms with Crippen LogP contribution >= 0.6 is 0 Å². The van der Waals surface area contributed by atoms with Gasteiger partial charge in [0.1, 0.15) is 17.1 Å². The summed E-state index contributed by atoms with van der Waals surface area (Å²) in [7, 11) is 0. The van der Waals surface area contributed by atoms with E-state index in [0.717, 1.165) is 70.3 Å².